The summed E-state index contributed by atoms with van der Waals surface area (Å²) in [5, 5.41) is 26.6. The molecule has 0 radical (unpaired) electrons. The number of carboxylic acid groups (broad SMARTS) is 1. The number of anilines is 1. The molecule has 3 rings (SSSR count). The van der Waals surface area contributed by atoms with Crippen molar-refractivity contribution in [3.05, 3.63) is 75.6 Å². The van der Waals surface area contributed by atoms with E-state index in [1.54, 1.807) is 12.1 Å². The Bertz CT molecular complexity index is 1130. The standard InChI is InChI=1S/C21H20N4O6/c1-13-5-14(2)7-18(6-13)31-19-9-16(8-17(10-19)25(29)30)23-21(28)15-11-22-24(12-15)4-3-20(26)27/h5-12H,3-4H2,1-2H3,(H,23,28)(H,26,27). The number of rotatable bonds is 8. The first-order chi connectivity index (χ1) is 14.7. The van der Waals surface area contributed by atoms with Gasteiger partial charge in [-0.15, -0.1) is 0 Å². The minimum atomic E-state index is -0.977. The Balaban J connectivity index is 1.81. The molecular weight excluding hydrogens is 404 g/mol. The van der Waals surface area contributed by atoms with E-state index >= 15 is 0 Å². The van der Waals surface area contributed by atoms with Gasteiger partial charge in [-0.2, -0.15) is 5.10 Å². The molecule has 0 saturated carbocycles. The van der Waals surface area contributed by atoms with Crippen molar-refractivity contribution in [2.45, 2.75) is 26.8 Å². The van der Waals surface area contributed by atoms with Crippen molar-refractivity contribution >= 4 is 23.3 Å². The van der Waals surface area contributed by atoms with Gasteiger partial charge < -0.3 is 15.2 Å². The van der Waals surface area contributed by atoms with Gasteiger partial charge in [-0.1, -0.05) is 6.07 Å². The van der Waals surface area contributed by atoms with Crippen molar-refractivity contribution in [1.29, 1.82) is 0 Å². The van der Waals surface area contributed by atoms with Gasteiger partial charge in [0.15, 0.2) is 0 Å². The Hall–Kier alpha value is -4.21. The Morgan fingerprint density at radius 1 is 1.13 bits per heavy atom. The van der Waals surface area contributed by atoms with Gasteiger partial charge in [0.1, 0.15) is 11.5 Å². The molecule has 1 aromatic heterocycles. The number of nitrogens with one attached hydrogen (secondary N) is 1. The molecule has 0 aliphatic rings. The van der Waals surface area contributed by atoms with E-state index in [2.05, 4.69) is 10.4 Å². The summed E-state index contributed by atoms with van der Waals surface area (Å²) in [7, 11) is 0. The van der Waals surface area contributed by atoms with Crippen LogP contribution < -0.4 is 10.1 Å². The highest BCUT2D eigenvalue weighted by atomic mass is 16.6. The van der Waals surface area contributed by atoms with Gasteiger partial charge in [0, 0.05) is 18.3 Å². The second-order valence-electron chi connectivity index (χ2n) is 6.99. The number of aromatic nitrogens is 2. The van der Waals surface area contributed by atoms with Crippen LogP contribution in [0.5, 0.6) is 11.5 Å². The third-order valence-corrected chi connectivity index (χ3v) is 4.24. The average molecular weight is 424 g/mol. The van der Waals surface area contributed by atoms with E-state index < -0.39 is 16.8 Å². The van der Waals surface area contributed by atoms with Crippen molar-refractivity contribution < 1.29 is 24.4 Å². The van der Waals surface area contributed by atoms with Crippen LogP contribution in [-0.2, 0) is 11.3 Å². The van der Waals surface area contributed by atoms with Gasteiger partial charge >= 0.3 is 5.97 Å². The highest BCUT2D eigenvalue weighted by Gasteiger charge is 2.15. The van der Waals surface area contributed by atoms with Crippen LogP contribution in [0.3, 0.4) is 0 Å². The van der Waals surface area contributed by atoms with E-state index in [0.29, 0.717) is 5.75 Å². The monoisotopic (exact) mass is 424 g/mol. The summed E-state index contributed by atoms with van der Waals surface area (Å²) in [6, 6.07) is 9.56. The number of hydrogen-bond donors (Lipinski definition) is 2. The van der Waals surface area contributed by atoms with E-state index in [9.17, 15) is 19.7 Å². The summed E-state index contributed by atoms with van der Waals surface area (Å²) in [6.45, 7) is 3.94. The Kier molecular flexibility index (Phi) is 6.29. The minimum absolute atomic E-state index is 0.118. The maximum atomic E-state index is 12.5. The number of non-ortho nitro benzene ring substituents is 1. The summed E-state index contributed by atoms with van der Waals surface area (Å²) in [5.74, 6) is -0.796. The van der Waals surface area contributed by atoms with E-state index in [-0.39, 0.29) is 35.7 Å². The topological polar surface area (TPSA) is 137 Å². The molecule has 0 saturated heterocycles. The number of nitrogens with zero attached hydrogens (tertiary/aromatic N) is 3. The fourth-order valence-electron chi connectivity index (χ4n) is 2.96. The number of hydrogen-bond acceptors (Lipinski definition) is 6. The number of ether oxygens (including phenoxy) is 1. The fourth-order valence-corrected chi connectivity index (χ4v) is 2.96. The lowest BCUT2D eigenvalue weighted by Gasteiger charge is -2.10. The largest absolute Gasteiger partial charge is 0.481 e. The molecule has 10 nitrogen and oxygen atoms in total. The maximum absolute atomic E-state index is 12.5. The zero-order valence-corrected chi connectivity index (χ0v) is 16.9. The highest BCUT2D eigenvalue weighted by molar-refractivity contribution is 6.04. The number of nitro groups is 1. The SMILES string of the molecule is Cc1cc(C)cc(Oc2cc(NC(=O)c3cnn(CCC(=O)O)c3)cc([N+](=O)[O-])c2)c1. The molecular formula is C21H20N4O6. The number of nitro benzene ring substituents is 1. The van der Waals surface area contributed by atoms with E-state index in [1.165, 1.54) is 35.3 Å². The summed E-state index contributed by atoms with van der Waals surface area (Å²) >= 11 is 0. The van der Waals surface area contributed by atoms with Gasteiger partial charge in [-0.3, -0.25) is 24.4 Å². The van der Waals surface area contributed by atoms with Crippen molar-refractivity contribution in [1.82, 2.24) is 9.78 Å². The van der Waals surface area contributed by atoms with Gasteiger partial charge in [-0.05, 0) is 37.1 Å². The maximum Gasteiger partial charge on any atom is 0.305 e. The van der Waals surface area contributed by atoms with Gasteiger partial charge in [0.25, 0.3) is 11.6 Å². The van der Waals surface area contributed by atoms with Crippen molar-refractivity contribution in [2.24, 2.45) is 0 Å². The van der Waals surface area contributed by atoms with Crippen LogP contribution in [0.4, 0.5) is 11.4 Å². The predicted molar refractivity (Wildman–Crippen MR) is 112 cm³/mol. The van der Waals surface area contributed by atoms with Crippen LogP contribution in [0.1, 0.15) is 27.9 Å². The molecule has 2 aromatic carbocycles. The molecule has 0 unspecified atom stereocenters. The molecule has 1 amide bonds. The molecule has 0 aliphatic carbocycles. The second-order valence-corrected chi connectivity index (χ2v) is 6.99. The number of carbonyl (C=O) groups excluding carboxylic acids is 1. The molecule has 0 fully saturated rings. The van der Waals surface area contributed by atoms with Gasteiger partial charge in [0.05, 0.1) is 41.4 Å². The van der Waals surface area contributed by atoms with Crippen LogP contribution in [0.25, 0.3) is 0 Å². The third-order valence-electron chi connectivity index (χ3n) is 4.24. The molecule has 160 valence electrons. The Morgan fingerprint density at radius 2 is 1.81 bits per heavy atom. The zero-order valence-electron chi connectivity index (χ0n) is 16.9. The number of carboxylic acids is 1. The molecule has 2 N–H and O–H groups in total. The summed E-state index contributed by atoms with van der Waals surface area (Å²) < 4.78 is 7.13. The van der Waals surface area contributed by atoms with E-state index in [4.69, 9.17) is 9.84 Å². The van der Waals surface area contributed by atoms with Crippen LogP contribution in [0.15, 0.2) is 48.8 Å². The molecule has 0 spiro atoms. The van der Waals surface area contributed by atoms with Crippen molar-refractivity contribution in [3.63, 3.8) is 0 Å². The van der Waals surface area contributed by atoms with Crippen molar-refractivity contribution in [3.8, 4) is 11.5 Å². The number of benzene rings is 2. The predicted octanol–water partition coefficient (Wildman–Crippen LogP) is 3.93. The van der Waals surface area contributed by atoms with Crippen molar-refractivity contribution in [2.75, 3.05) is 5.32 Å². The molecule has 10 heteroatoms. The minimum Gasteiger partial charge on any atom is -0.481 e. The quantitative estimate of drug-likeness (QED) is 0.413. The highest BCUT2D eigenvalue weighted by Crippen LogP contribution is 2.30. The first-order valence-electron chi connectivity index (χ1n) is 9.31. The first-order valence-corrected chi connectivity index (χ1v) is 9.31. The number of aryl methyl sites for hydroxylation is 3. The lowest BCUT2D eigenvalue weighted by atomic mass is 10.1. The summed E-state index contributed by atoms with van der Waals surface area (Å²) in [6.07, 6.45) is 2.57. The Labute approximate surface area is 177 Å². The van der Waals surface area contributed by atoms with Crippen LogP contribution in [0, 0.1) is 24.0 Å². The second kappa shape index (κ2) is 9.08. The number of amides is 1. The first kappa shape index (κ1) is 21.5. The van der Waals surface area contributed by atoms with Gasteiger partial charge in [-0.25, -0.2) is 0 Å². The van der Waals surface area contributed by atoms with Gasteiger partial charge in [0.2, 0.25) is 0 Å². The lowest BCUT2D eigenvalue weighted by molar-refractivity contribution is -0.384. The normalized spacial score (nSPS) is 10.5. The molecule has 3 aromatic rings. The van der Waals surface area contributed by atoms with Crippen LogP contribution >= 0.6 is 0 Å². The molecule has 0 aliphatic heterocycles. The van der Waals surface area contributed by atoms with E-state index in [0.717, 1.165) is 11.1 Å². The molecule has 1 heterocycles. The number of carbonyl (C=O) groups is 2. The summed E-state index contributed by atoms with van der Waals surface area (Å²) in [5.41, 5.74) is 2.09. The molecule has 0 atom stereocenters. The third kappa shape index (κ3) is 5.89. The summed E-state index contributed by atoms with van der Waals surface area (Å²) in [4.78, 5) is 33.9. The lowest BCUT2D eigenvalue weighted by Crippen LogP contribution is -2.11. The fraction of sp³-hybridized carbons (Fsp3) is 0.190. The smallest absolute Gasteiger partial charge is 0.305 e. The van der Waals surface area contributed by atoms with Crippen LogP contribution in [0.2, 0.25) is 0 Å². The van der Waals surface area contributed by atoms with Crippen LogP contribution in [-0.4, -0.2) is 31.7 Å². The zero-order chi connectivity index (χ0) is 22.5. The molecule has 31 heavy (non-hydrogen) atoms. The Morgan fingerprint density at radius 3 is 2.45 bits per heavy atom. The number of aliphatic carboxylic acids is 1. The average Bonchev–Trinajstić information content (AvgIpc) is 3.14. The van der Waals surface area contributed by atoms with E-state index in [1.807, 2.05) is 19.9 Å². The molecule has 0 bridgehead atoms.